The van der Waals surface area contributed by atoms with E-state index in [0.29, 0.717) is 11.8 Å². The van der Waals surface area contributed by atoms with Gasteiger partial charge in [0.05, 0.1) is 19.5 Å². The second kappa shape index (κ2) is 8.17. The van der Waals surface area contributed by atoms with E-state index in [1.54, 1.807) is 19.5 Å². The highest BCUT2D eigenvalue weighted by molar-refractivity contribution is 5.94. The van der Waals surface area contributed by atoms with Gasteiger partial charge in [-0.1, -0.05) is 17.2 Å². The number of methoxy groups -OCH3 is 1. The van der Waals surface area contributed by atoms with Crippen molar-refractivity contribution in [1.82, 2.24) is 15.3 Å². The first kappa shape index (κ1) is 18.2. The standard InChI is InChI=1S/C20H25N3O3/c1-13-8-14(2)10-15(9-13)20(24)22-16-4-6-17(7-5-16)26-19-12-21-11-18(23-19)25-3/h8-12,16-17H,4-7H2,1-3H3,(H,22,24). The number of ether oxygens (including phenoxy) is 2. The van der Waals surface area contributed by atoms with Crippen LogP contribution < -0.4 is 14.8 Å². The minimum Gasteiger partial charge on any atom is -0.480 e. The summed E-state index contributed by atoms with van der Waals surface area (Å²) in [6, 6.07) is 6.11. The molecule has 138 valence electrons. The SMILES string of the molecule is COc1cncc(OC2CCC(NC(=O)c3cc(C)cc(C)c3)CC2)n1. The predicted molar refractivity (Wildman–Crippen MR) is 98.6 cm³/mol. The molecule has 2 aromatic rings. The highest BCUT2D eigenvalue weighted by atomic mass is 16.5. The Morgan fingerprint density at radius 1 is 1.04 bits per heavy atom. The molecule has 6 nitrogen and oxygen atoms in total. The molecule has 1 aromatic carbocycles. The van der Waals surface area contributed by atoms with Gasteiger partial charge in [0.25, 0.3) is 5.91 Å². The molecule has 1 amide bonds. The molecule has 0 bridgehead atoms. The molecule has 1 aliphatic carbocycles. The van der Waals surface area contributed by atoms with Gasteiger partial charge in [0, 0.05) is 11.6 Å². The van der Waals surface area contributed by atoms with Crippen LogP contribution in [0.15, 0.2) is 30.6 Å². The van der Waals surface area contributed by atoms with Crippen molar-refractivity contribution in [3.63, 3.8) is 0 Å². The van der Waals surface area contributed by atoms with E-state index in [2.05, 4.69) is 21.4 Å². The van der Waals surface area contributed by atoms with E-state index in [-0.39, 0.29) is 18.1 Å². The summed E-state index contributed by atoms with van der Waals surface area (Å²) in [5.74, 6) is 0.920. The molecule has 1 N–H and O–H groups in total. The average Bonchev–Trinajstić information content (AvgIpc) is 2.62. The van der Waals surface area contributed by atoms with Crippen molar-refractivity contribution in [1.29, 1.82) is 0 Å². The fourth-order valence-electron chi connectivity index (χ4n) is 3.36. The van der Waals surface area contributed by atoms with Crippen molar-refractivity contribution in [2.75, 3.05) is 7.11 Å². The van der Waals surface area contributed by atoms with Gasteiger partial charge >= 0.3 is 0 Å². The first-order chi connectivity index (χ1) is 12.5. The fourth-order valence-corrected chi connectivity index (χ4v) is 3.36. The van der Waals surface area contributed by atoms with Gasteiger partial charge in [0.15, 0.2) is 0 Å². The molecular weight excluding hydrogens is 330 g/mol. The molecule has 0 aliphatic heterocycles. The molecular formula is C20H25N3O3. The van der Waals surface area contributed by atoms with Crippen LogP contribution in [0.4, 0.5) is 0 Å². The van der Waals surface area contributed by atoms with Gasteiger partial charge in [-0.05, 0) is 51.7 Å². The highest BCUT2D eigenvalue weighted by Gasteiger charge is 2.24. The first-order valence-electron chi connectivity index (χ1n) is 8.95. The third-order valence-electron chi connectivity index (χ3n) is 4.58. The summed E-state index contributed by atoms with van der Waals surface area (Å²) in [5.41, 5.74) is 2.94. The zero-order valence-electron chi connectivity index (χ0n) is 15.5. The third-order valence-corrected chi connectivity index (χ3v) is 4.58. The monoisotopic (exact) mass is 355 g/mol. The Kier molecular flexibility index (Phi) is 5.71. The summed E-state index contributed by atoms with van der Waals surface area (Å²) in [4.78, 5) is 20.8. The number of hydrogen-bond acceptors (Lipinski definition) is 5. The molecule has 26 heavy (non-hydrogen) atoms. The van der Waals surface area contributed by atoms with E-state index in [0.717, 1.165) is 42.4 Å². The fraction of sp³-hybridized carbons (Fsp3) is 0.450. The van der Waals surface area contributed by atoms with Crippen LogP contribution in [0.25, 0.3) is 0 Å². The predicted octanol–water partition coefficient (Wildman–Crippen LogP) is 3.22. The Labute approximate surface area is 154 Å². The molecule has 1 aliphatic rings. The van der Waals surface area contributed by atoms with Crippen LogP contribution in [-0.2, 0) is 0 Å². The van der Waals surface area contributed by atoms with Gasteiger partial charge < -0.3 is 14.8 Å². The number of amides is 1. The summed E-state index contributed by atoms with van der Waals surface area (Å²) in [7, 11) is 1.55. The maximum atomic E-state index is 12.5. The van der Waals surface area contributed by atoms with E-state index in [1.165, 1.54) is 0 Å². The Balaban J connectivity index is 1.51. The minimum absolute atomic E-state index is 0.000157. The lowest BCUT2D eigenvalue weighted by Crippen LogP contribution is -2.39. The second-order valence-electron chi connectivity index (χ2n) is 6.84. The Hall–Kier alpha value is -2.63. The third kappa shape index (κ3) is 4.71. The van der Waals surface area contributed by atoms with Gasteiger partial charge in [0.1, 0.15) is 6.10 Å². The quantitative estimate of drug-likeness (QED) is 0.891. The maximum absolute atomic E-state index is 12.5. The maximum Gasteiger partial charge on any atom is 0.251 e. The lowest BCUT2D eigenvalue weighted by Gasteiger charge is -2.29. The van der Waals surface area contributed by atoms with Crippen LogP contribution in [0.3, 0.4) is 0 Å². The molecule has 0 unspecified atom stereocenters. The van der Waals surface area contributed by atoms with Crippen molar-refractivity contribution in [2.24, 2.45) is 0 Å². The number of carbonyl (C=O) groups excluding carboxylic acids is 1. The van der Waals surface area contributed by atoms with E-state index in [4.69, 9.17) is 9.47 Å². The van der Waals surface area contributed by atoms with Gasteiger partial charge in [0.2, 0.25) is 11.8 Å². The normalized spacial score (nSPS) is 19.7. The highest BCUT2D eigenvalue weighted by Crippen LogP contribution is 2.24. The van der Waals surface area contributed by atoms with Crippen LogP contribution in [0.2, 0.25) is 0 Å². The number of nitrogens with one attached hydrogen (secondary N) is 1. The van der Waals surface area contributed by atoms with Gasteiger partial charge in [-0.15, -0.1) is 0 Å². The number of carbonyl (C=O) groups is 1. The molecule has 0 radical (unpaired) electrons. The summed E-state index contributed by atoms with van der Waals surface area (Å²) < 4.78 is 11.0. The van der Waals surface area contributed by atoms with Crippen LogP contribution in [0.5, 0.6) is 11.8 Å². The van der Waals surface area contributed by atoms with Crippen molar-refractivity contribution in [3.8, 4) is 11.8 Å². The zero-order valence-corrected chi connectivity index (χ0v) is 15.5. The smallest absolute Gasteiger partial charge is 0.251 e. The van der Waals surface area contributed by atoms with Crippen LogP contribution >= 0.6 is 0 Å². The summed E-state index contributed by atoms with van der Waals surface area (Å²) in [6.45, 7) is 4.02. The molecule has 0 spiro atoms. The number of rotatable bonds is 5. The Bertz CT molecular complexity index is 750. The number of aromatic nitrogens is 2. The lowest BCUT2D eigenvalue weighted by molar-refractivity contribution is 0.0889. The van der Waals surface area contributed by atoms with E-state index in [1.807, 2.05) is 26.0 Å². The zero-order chi connectivity index (χ0) is 18.5. The molecule has 6 heteroatoms. The van der Waals surface area contributed by atoms with E-state index < -0.39 is 0 Å². The van der Waals surface area contributed by atoms with Crippen molar-refractivity contribution >= 4 is 5.91 Å². The van der Waals surface area contributed by atoms with Gasteiger partial charge in [-0.25, -0.2) is 0 Å². The largest absolute Gasteiger partial charge is 0.480 e. The van der Waals surface area contributed by atoms with Gasteiger partial charge in [-0.2, -0.15) is 4.98 Å². The molecule has 1 aromatic heterocycles. The Morgan fingerprint density at radius 2 is 1.69 bits per heavy atom. The molecule has 0 atom stereocenters. The Morgan fingerprint density at radius 3 is 2.35 bits per heavy atom. The molecule has 0 saturated heterocycles. The van der Waals surface area contributed by atoms with Crippen molar-refractivity contribution < 1.29 is 14.3 Å². The van der Waals surface area contributed by atoms with Crippen molar-refractivity contribution in [2.45, 2.75) is 51.7 Å². The first-order valence-corrected chi connectivity index (χ1v) is 8.95. The summed E-state index contributed by atoms with van der Waals surface area (Å²) in [6.07, 6.45) is 6.75. The number of benzene rings is 1. The topological polar surface area (TPSA) is 73.3 Å². The van der Waals surface area contributed by atoms with Crippen LogP contribution in [0, 0.1) is 13.8 Å². The van der Waals surface area contributed by atoms with Crippen LogP contribution in [-0.4, -0.2) is 35.1 Å². The number of hydrogen-bond donors (Lipinski definition) is 1. The lowest BCUT2D eigenvalue weighted by atomic mass is 9.92. The number of nitrogens with zero attached hydrogens (tertiary/aromatic N) is 2. The molecule has 1 saturated carbocycles. The van der Waals surface area contributed by atoms with E-state index >= 15 is 0 Å². The van der Waals surface area contributed by atoms with Crippen LogP contribution in [0.1, 0.15) is 47.2 Å². The van der Waals surface area contributed by atoms with Crippen molar-refractivity contribution in [3.05, 3.63) is 47.3 Å². The van der Waals surface area contributed by atoms with E-state index in [9.17, 15) is 4.79 Å². The average molecular weight is 355 g/mol. The molecule has 3 rings (SSSR count). The summed E-state index contributed by atoms with van der Waals surface area (Å²) in [5, 5.41) is 3.15. The second-order valence-corrected chi connectivity index (χ2v) is 6.84. The minimum atomic E-state index is -0.000157. The molecule has 1 fully saturated rings. The molecule has 1 heterocycles. The van der Waals surface area contributed by atoms with Gasteiger partial charge in [-0.3, -0.25) is 9.78 Å². The summed E-state index contributed by atoms with van der Waals surface area (Å²) >= 11 is 0. The number of aryl methyl sites for hydroxylation is 2.